The molecule has 6 heteroatoms. The van der Waals surface area contributed by atoms with Crippen LogP contribution in [0.2, 0.25) is 0 Å². The molecule has 4 N–H and O–H groups in total. The molecule has 0 amide bonds. The summed E-state index contributed by atoms with van der Waals surface area (Å²) >= 11 is 2.26. The van der Waals surface area contributed by atoms with Crippen molar-refractivity contribution in [3.8, 4) is 0 Å². The Kier molecular flexibility index (Phi) is 6.90. The van der Waals surface area contributed by atoms with Crippen LogP contribution in [0, 0.1) is 3.57 Å². The molecule has 1 aromatic rings. The zero-order valence-electron chi connectivity index (χ0n) is 9.74. The second kappa shape index (κ2) is 8.26. The van der Waals surface area contributed by atoms with Crippen LogP contribution in [0.25, 0.3) is 0 Å². The summed E-state index contributed by atoms with van der Waals surface area (Å²) < 4.78 is 6.13. The highest BCUT2D eigenvalue weighted by Gasteiger charge is 1.97. The van der Waals surface area contributed by atoms with Crippen molar-refractivity contribution >= 4 is 34.2 Å². The summed E-state index contributed by atoms with van der Waals surface area (Å²) in [5.74, 6) is 5.95. The first-order chi connectivity index (χ1) is 8.26. The maximum Gasteiger partial charge on any atom is 0.210 e. The Labute approximate surface area is 115 Å². The lowest BCUT2D eigenvalue weighted by atomic mass is 10.3. The number of hydrogen-bond donors (Lipinski definition) is 3. The van der Waals surface area contributed by atoms with Crippen LogP contribution in [0.3, 0.4) is 0 Å². The monoisotopic (exact) mass is 348 g/mol. The van der Waals surface area contributed by atoms with Crippen molar-refractivity contribution in [2.24, 2.45) is 10.8 Å². The summed E-state index contributed by atoms with van der Waals surface area (Å²) in [5.41, 5.74) is 3.49. The van der Waals surface area contributed by atoms with E-state index in [2.05, 4.69) is 38.3 Å². The highest BCUT2D eigenvalue weighted by atomic mass is 127. The molecule has 5 nitrogen and oxygen atoms in total. The Bertz CT molecular complexity index is 353. The Hall–Kier alpha value is -0.860. The fourth-order valence-electron chi connectivity index (χ4n) is 1.19. The molecule has 94 valence electrons. The van der Waals surface area contributed by atoms with Gasteiger partial charge in [-0.2, -0.15) is 0 Å². The van der Waals surface area contributed by atoms with Gasteiger partial charge < -0.3 is 10.1 Å². The van der Waals surface area contributed by atoms with Crippen LogP contribution < -0.4 is 16.6 Å². The zero-order chi connectivity index (χ0) is 12.5. The summed E-state index contributed by atoms with van der Waals surface area (Å²) in [4.78, 5) is 4.28. The van der Waals surface area contributed by atoms with Crippen molar-refractivity contribution in [3.63, 3.8) is 0 Å². The van der Waals surface area contributed by atoms with E-state index in [1.54, 1.807) is 7.11 Å². The number of nitrogens with zero attached hydrogens (tertiary/aromatic N) is 1. The standard InChI is InChI=1S/C11H17IN4O/c1-17-8-2-7-14-11(16-13)15-10-5-3-9(12)4-6-10/h3-6H,2,7-8,13H2,1H3,(H2,14,15,16). The number of hydrogen-bond acceptors (Lipinski definition) is 3. The maximum atomic E-state index is 5.39. The molecule has 0 radical (unpaired) electrons. The van der Waals surface area contributed by atoms with Crippen LogP contribution in [-0.2, 0) is 4.74 Å². The second-order valence-corrected chi connectivity index (χ2v) is 4.60. The van der Waals surface area contributed by atoms with E-state index in [9.17, 15) is 0 Å². The summed E-state index contributed by atoms with van der Waals surface area (Å²) in [6.45, 7) is 1.37. The van der Waals surface area contributed by atoms with E-state index in [-0.39, 0.29) is 0 Å². The number of guanidine groups is 1. The van der Waals surface area contributed by atoms with E-state index in [0.717, 1.165) is 12.1 Å². The van der Waals surface area contributed by atoms with Gasteiger partial charge in [0.25, 0.3) is 0 Å². The van der Waals surface area contributed by atoms with E-state index < -0.39 is 0 Å². The molecule has 0 aromatic heterocycles. The molecule has 0 aliphatic heterocycles. The average Bonchev–Trinajstić information content (AvgIpc) is 2.35. The zero-order valence-corrected chi connectivity index (χ0v) is 11.9. The molecule has 0 aliphatic carbocycles. The van der Waals surface area contributed by atoms with E-state index >= 15 is 0 Å². The predicted octanol–water partition coefficient (Wildman–Crippen LogP) is 1.56. The molecule has 0 bridgehead atoms. The fourth-order valence-corrected chi connectivity index (χ4v) is 1.55. The summed E-state index contributed by atoms with van der Waals surface area (Å²) in [7, 11) is 1.68. The minimum atomic E-state index is 0.558. The highest BCUT2D eigenvalue weighted by Crippen LogP contribution is 2.10. The van der Waals surface area contributed by atoms with E-state index in [1.165, 1.54) is 3.57 Å². The summed E-state index contributed by atoms with van der Waals surface area (Å²) in [6, 6.07) is 7.98. The largest absolute Gasteiger partial charge is 0.385 e. The number of methoxy groups -OCH3 is 1. The van der Waals surface area contributed by atoms with Gasteiger partial charge in [-0.15, -0.1) is 0 Å². The average molecular weight is 348 g/mol. The lowest BCUT2D eigenvalue weighted by Gasteiger charge is -2.09. The molecular formula is C11H17IN4O. The molecule has 0 unspecified atom stereocenters. The first kappa shape index (κ1) is 14.2. The molecule has 0 atom stereocenters. The third-order valence-corrected chi connectivity index (χ3v) is 2.74. The van der Waals surface area contributed by atoms with Gasteiger partial charge in [0.05, 0.1) is 0 Å². The van der Waals surface area contributed by atoms with Gasteiger partial charge in [0, 0.05) is 29.5 Å². The van der Waals surface area contributed by atoms with Gasteiger partial charge in [0.15, 0.2) is 0 Å². The fraction of sp³-hybridized carbons (Fsp3) is 0.364. The first-order valence-electron chi connectivity index (χ1n) is 5.29. The molecule has 17 heavy (non-hydrogen) atoms. The van der Waals surface area contributed by atoms with E-state index in [0.29, 0.717) is 19.1 Å². The lowest BCUT2D eigenvalue weighted by molar-refractivity contribution is 0.197. The van der Waals surface area contributed by atoms with Crippen molar-refractivity contribution < 1.29 is 4.74 Å². The van der Waals surface area contributed by atoms with E-state index in [4.69, 9.17) is 10.6 Å². The first-order valence-corrected chi connectivity index (χ1v) is 6.36. The van der Waals surface area contributed by atoms with Gasteiger partial charge in [0.1, 0.15) is 0 Å². The molecular weight excluding hydrogens is 331 g/mol. The SMILES string of the molecule is COCCCN=C(NN)Nc1ccc(I)cc1. The number of benzene rings is 1. The van der Waals surface area contributed by atoms with Gasteiger partial charge in [-0.1, -0.05) is 0 Å². The number of aliphatic imine (C=N–C) groups is 1. The molecule has 1 rings (SSSR count). The number of hydrazine groups is 1. The van der Waals surface area contributed by atoms with Gasteiger partial charge in [-0.3, -0.25) is 10.4 Å². The number of nitrogens with one attached hydrogen (secondary N) is 2. The Balaban J connectivity index is 2.48. The third-order valence-electron chi connectivity index (χ3n) is 2.02. The highest BCUT2D eigenvalue weighted by molar-refractivity contribution is 14.1. The molecule has 0 saturated carbocycles. The number of ether oxygens (including phenoxy) is 1. The van der Waals surface area contributed by atoms with Gasteiger partial charge in [0.2, 0.25) is 5.96 Å². The van der Waals surface area contributed by atoms with Crippen molar-refractivity contribution in [3.05, 3.63) is 27.8 Å². The lowest BCUT2D eigenvalue weighted by Crippen LogP contribution is -2.36. The minimum Gasteiger partial charge on any atom is -0.385 e. The maximum absolute atomic E-state index is 5.39. The van der Waals surface area contributed by atoms with Gasteiger partial charge in [-0.05, 0) is 53.3 Å². The smallest absolute Gasteiger partial charge is 0.210 e. The van der Waals surface area contributed by atoms with Crippen molar-refractivity contribution in [1.82, 2.24) is 5.43 Å². The van der Waals surface area contributed by atoms with E-state index in [1.807, 2.05) is 24.3 Å². The van der Waals surface area contributed by atoms with Crippen molar-refractivity contribution in [2.45, 2.75) is 6.42 Å². The van der Waals surface area contributed by atoms with Crippen LogP contribution >= 0.6 is 22.6 Å². The van der Waals surface area contributed by atoms with Crippen molar-refractivity contribution in [1.29, 1.82) is 0 Å². The van der Waals surface area contributed by atoms with Crippen LogP contribution in [0.1, 0.15) is 6.42 Å². The second-order valence-electron chi connectivity index (χ2n) is 3.35. The normalized spacial score (nSPS) is 11.4. The molecule has 0 spiro atoms. The number of halogens is 1. The molecule has 0 saturated heterocycles. The Morgan fingerprint density at radius 1 is 1.41 bits per heavy atom. The topological polar surface area (TPSA) is 71.7 Å². The molecule has 0 fully saturated rings. The number of rotatable bonds is 5. The number of nitrogens with two attached hydrogens (primary N) is 1. The number of anilines is 1. The van der Waals surface area contributed by atoms with Crippen molar-refractivity contribution in [2.75, 3.05) is 25.6 Å². The predicted molar refractivity (Wildman–Crippen MR) is 78.9 cm³/mol. The molecule has 0 aliphatic rings. The van der Waals surface area contributed by atoms with Crippen LogP contribution in [0.15, 0.2) is 29.3 Å². The minimum absolute atomic E-state index is 0.558. The summed E-state index contributed by atoms with van der Waals surface area (Å²) in [5, 5.41) is 3.10. The van der Waals surface area contributed by atoms with Crippen LogP contribution in [-0.4, -0.2) is 26.2 Å². The van der Waals surface area contributed by atoms with Crippen LogP contribution in [0.4, 0.5) is 5.69 Å². The van der Waals surface area contributed by atoms with Gasteiger partial charge >= 0.3 is 0 Å². The Morgan fingerprint density at radius 2 is 2.12 bits per heavy atom. The Morgan fingerprint density at radius 3 is 2.71 bits per heavy atom. The summed E-state index contributed by atoms with van der Waals surface area (Å²) in [6.07, 6.45) is 0.871. The third kappa shape index (κ3) is 5.85. The van der Waals surface area contributed by atoms with Gasteiger partial charge in [-0.25, -0.2) is 5.84 Å². The van der Waals surface area contributed by atoms with Crippen LogP contribution in [0.5, 0.6) is 0 Å². The molecule has 0 heterocycles. The molecule has 1 aromatic carbocycles. The quantitative estimate of drug-likeness (QED) is 0.189.